The first-order valence-electron chi connectivity index (χ1n) is 5.02. The van der Waals surface area contributed by atoms with E-state index in [1.807, 2.05) is 12.4 Å². The molecule has 2 rings (SSSR count). The van der Waals surface area contributed by atoms with Crippen LogP contribution in [0.15, 0.2) is 12.4 Å². The maximum absolute atomic E-state index is 6.02. The second-order valence-electron chi connectivity index (χ2n) is 3.99. The molecule has 1 aliphatic carbocycles. The van der Waals surface area contributed by atoms with E-state index in [2.05, 4.69) is 16.5 Å². The summed E-state index contributed by atoms with van der Waals surface area (Å²) in [6, 6.07) is 0. The van der Waals surface area contributed by atoms with Gasteiger partial charge in [0.1, 0.15) is 5.82 Å². The zero-order valence-electron chi connectivity index (χ0n) is 8.16. The first-order valence-corrected chi connectivity index (χ1v) is 5.02. The van der Waals surface area contributed by atoms with E-state index in [1.54, 1.807) is 0 Å². The van der Waals surface area contributed by atoms with Crippen molar-refractivity contribution in [2.24, 2.45) is 5.73 Å². The van der Waals surface area contributed by atoms with Gasteiger partial charge in [-0.3, -0.25) is 0 Å². The summed E-state index contributed by atoms with van der Waals surface area (Å²) in [6.07, 6.45) is 8.40. The van der Waals surface area contributed by atoms with E-state index in [1.165, 1.54) is 18.7 Å². The number of hydrogen-bond donors (Lipinski definition) is 1. The molecule has 0 spiro atoms. The largest absolute Gasteiger partial charge is 0.335 e. The Morgan fingerprint density at radius 2 is 2.38 bits per heavy atom. The fourth-order valence-corrected chi connectivity index (χ4v) is 1.63. The van der Waals surface area contributed by atoms with Gasteiger partial charge in [-0.25, -0.2) is 4.98 Å². The lowest BCUT2D eigenvalue weighted by Crippen LogP contribution is -2.22. The van der Waals surface area contributed by atoms with Gasteiger partial charge in [-0.15, -0.1) is 0 Å². The molecule has 0 bridgehead atoms. The summed E-state index contributed by atoms with van der Waals surface area (Å²) in [6.45, 7) is 3.15. The van der Waals surface area contributed by atoms with Gasteiger partial charge < -0.3 is 10.3 Å². The molecule has 0 atom stereocenters. The molecule has 3 heteroatoms. The standard InChI is InChI=1S/C10H17N3/c1-2-13-8-7-12-9(13)3-4-10(11)5-6-10/h7-8H,2-6,11H2,1H3. The molecule has 13 heavy (non-hydrogen) atoms. The second-order valence-corrected chi connectivity index (χ2v) is 3.99. The predicted molar refractivity (Wildman–Crippen MR) is 52.4 cm³/mol. The van der Waals surface area contributed by atoms with Crippen molar-refractivity contribution in [2.45, 2.75) is 44.7 Å². The monoisotopic (exact) mass is 179 g/mol. The van der Waals surface area contributed by atoms with Crippen LogP contribution in [0.1, 0.15) is 32.0 Å². The highest BCUT2D eigenvalue weighted by Crippen LogP contribution is 2.36. The van der Waals surface area contributed by atoms with Gasteiger partial charge in [0.15, 0.2) is 0 Å². The third-order valence-corrected chi connectivity index (χ3v) is 2.88. The van der Waals surface area contributed by atoms with Crippen molar-refractivity contribution < 1.29 is 0 Å². The van der Waals surface area contributed by atoms with Crippen molar-refractivity contribution in [3.8, 4) is 0 Å². The lowest BCUT2D eigenvalue weighted by Gasteiger charge is -2.08. The molecule has 1 heterocycles. The zero-order valence-corrected chi connectivity index (χ0v) is 8.16. The van der Waals surface area contributed by atoms with Gasteiger partial charge in [-0.2, -0.15) is 0 Å². The number of aromatic nitrogens is 2. The Labute approximate surface area is 79.0 Å². The van der Waals surface area contributed by atoms with Gasteiger partial charge in [0.05, 0.1) is 0 Å². The molecular formula is C10H17N3. The van der Waals surface area contributed by atoms with E-state index < -0.39 is 0 Å². The van der Waals surface area contributed by atoms with E-state index in [9.17, 15) is 0 Å². The third kappa shape index (κ3) is 1.91. The molecular weight excluding hydrogens is 162 g/mol. The highest BCUT2D eigenvalue weighted by atomic mass is 15.1. The second kappa shape index (κ2) is 3.14. The number of nitrogens with two attached hydrogens (primary N) is 1. The van der Waals surface area contributed by atoms with Gasteiger partial charge in [-0.1, -0.05) is 0 Å². The Bertz CT molecular complexity index is 286. The van der Waals surface area contributed by atoms with Crippen molar-refractivity contribution in [1.29, 1.82) is 0 Å². The molecule has 2 N–H and O–H groups in total. The van der Waals surface area contributed by atoms with Crippen LogP contribution in [0.25, 0.3) is 0 Å². The molecule has 0 aliphatic heterocycles. The quantitative estimate of drug-likeness (QED) is 0.757. The van der Waals surface area contributed by atoms with E-state index in [0.717, 1.165) is 19.4 Å². The van der Waals surface area contributed by atoms with Crippen LogP contribution in [0.3, 0.4) is 0 Å². The molecule has 0 unspecified atom stereocenters. The van der Waals surface area contributed by atoms with Crippen molar-refractivity contribution in [1.82, 2.24) is 9.55 Å². The molecule has 1 aliphatic rings. The fourth-order valence-electron chi connectivity index (χ4n) is 1.63. The van der Waals surface area contributed by atoms with Crippen LogP contribution < -0.4 is 5.73 Å². The van der Waals surface area contributed by atoms with Gasteiger partial charge in [0.2, 0.25) is 0 Å². The summed E-state index contributed by atoms with van der Waals surface area (Å²) in [5, 5.41) is 0. The highest BCUT2D eigenvalue weighted by molar-refractivity contribution is 5.02. The molecule has 72 valence electrons. The molecule has 1 saturated carbocycles. The Morgan fingerprint density at radius 3 is 3.00 bits per heavy atom. The fraction of sp³-hybridized carbons (Fsp3) is 0.700. The summed E-state index contributed by atoms with van der Waals surface area (Å²) >= 11 is 0. The lowest BCUT2D eigenvalue weighted by molar-refractivity contribution is 0.575. The van der Waals surface area contributed by atoms with Crippen LogP contribution in [0.5, 0.6) is 0 Å². The molecule has 1 aromatic rings. The summed E-state index contributed by atoms with van der Waals surface area (Å²) < 4.78 is 2.19. The topological polar surface area (TPSA) is 43.8 Å². The lowest BCUT2D eigenvalue weighted by atomic mass is 10.1. The van der Waals surface area contributed by atoms with Crippen molar-refractivity contribution in [3.63, 3.8) is 0 Å². The van der Waals surface area contributed by atoms with Gasteiger partial charge in [0, 0.05) is 30.9 Å². The van der Waals surface area contributed by atoms with E-state index in [-0.39, 0.29) is 5.54 Å². The van der Waals surface area contributed by atoms with Crippen molar-refractivity contribution in [3.05, 3.63) is 18.2 Å². The Morgan fingerprint density at radius 1 is 1.62 bits per heavy atom. The van der Waals surface area contributed by atoms with Crippen LogP contribution in [-0.4, -0.2) is 15.1 Å². The maximum Gasteiger partial charge on any atom is 0.108 e. The summed E-state index contributed by atoms with van der Waals surface area (Å²) in [5.74, 6) is 1.18. The number of hydrogen-bond acceptors (Lipinski definition) is 2. The van der Waals surface area contributed by atoms with Crippen LogP contribution >= 0.6 is 0 Å². The normalized spacial score (nSPS) is 18.9. The molecule has 3 nitrogen and oxygen atoms in total. The molecule has 1 fully saturated rings. The Kier molecular flexibility index (Phi) is 2.12. The predicted octanol–water partition coefficient (Wildman–Crippen LogP) is 1.33. The Balaban J connectivity index is 1.93. The molecule has 0 radical (unpaired) electrons. The first-order chi connectivity index (χ1) is 6.23. The molecule has 0 amide bonds. The van der Waals surface area contributed by atoms with E-state index in [4.69, 9.17) is 5.73 Å². The van der Waals surface area contributed by atoms with Crippen LogP contribution in [-0.2, 0) is 13.0 Å². The minimum atomic E-state index is 0.157. The average molecular weight is 179 g/mol. The van der Waals surface area contributed by atoms with Gasteiger partial charge in [0.25, 0.3) is 0 Å². The smallest absolute Gasteiger partial charge is 0.108 e. The van der Waals surface area contributed by atoms with E-state index in [0.29, 0.717) is 0 Å². The SMILES string of the molecule is CCn1ccnc1CCC1(N)CC1. The van der Waals surface area contributed by atoms with Gasteiger partial charge >= 0.3 is 0 Å². The summed E-state index contributed by atoms with van der Waals surface area (Å²) in [7, 11) is 0. The van der Waals surface area contributed by atoms with E-state index >= 15 is 0 Å². The van der Waals surface area contributed by atoms with Crippen molar-refractivity contribution >= 4 is 0 Å². The van der Waals surface area contributed by atoms with Crippen LogP contribution in [0.4, 0.5) is 0 Å². The minimum Gasteiger partial charge on any atom is -0.335 e. The van der Waals surface area contributed by atoms with Gasteiger partial charge in [-0.05, 0) is 26.2 Å². The molecule has 0 aromatic carbocycles. The number of imidazole rings is 1. The minimum absolute atomic E-state index is 0.157. The highest BCUT2D eigenvalue weighted by Gasteiger charge is 2.37. The summed E-state index contributed by atoms with van der Waals surface area (Å²) in [4.78, 5) is 4.33. The number of rotatable bonds is 4. The van der Waals surface area contributed by atoms with Crippen LogP contribution in [0, 0.1) is 0 Å². The summed E-state index contributed by atoms with van der Waals surface area (Å²) in [5.41, 5.74) is 6.17. The number of nitrogens with zero attached hydrogens (tertiary/aromatic N) is 2. The average Bonchev–Trinajstić information content (AvgIpc) is 2.69. The van der Waals surface area contributed by atoms with Crippen molar-refractivity contribution in [2.75, 3.05) is 0 Å². The Hall–Kier alpha value is -0.830. The molecule has 0 saturated heterocycles. The number of aryl methyl sites for hydroxylation is 2. The first kappa shape index (κ1) is 8.75. The maximum atomic E-state index is 6.02. The third-order valence-electron chi connectivity index (χ3n) is 2.88. The zero-order chi connectivity index (χ0) is 9.31. The van der Waals surface area contributed by atoms with Crippen LogP contribution in [0.2, 0.25) is 0 Å². The molecule has 1 aromatic heterocycles.